The zero-order chi connectivity index (χ0) is 9.84. The lowest BCUT2D eigenvalue weighted by Crippen LogP contribution is -2.02. The maximum atomic E-state index is 10.8. The molecule has 0 aromatic heterocycles. The Balaban J connectivity index is 2.50. The average Bonchev–Trinajstić information content (AvgIpc) is 2.41. The predicted octanol–water partition coefficient (Wildman–Crippen LogP) is 0.982. The lowest BCUT2D eigenvalue weighted by molar-refractivity contribution is -0.129. The largest absolute Gasteiger partial charge is 0.405 e. The van der Waals surface area contributed by atoms with Gasteiger partial charge in [0.15, 0.2) is 5.78 Å². The van der Waals surface area contributed by atoms with Crippen LogP contribution in [0.15, 0.2) is 24.3 Å². The molecule has 0 aliphatic carbocycles. The first-order valence-corrected chi connectivity index (χ1v) is 3.80. The molecule has 0 aromatic rings. The molecule has 0 unspecified atom stereocenters. The number of cyclic esters (lactones) is 1. The van der Waals surface area contributed by atoms with Gasteiger partial charge in [0.2, 0.25) is 5.90 Å². The van der Waals surface area contributed by atoms with Crippen molar-refractivity contribution in [2.24, 2.45) is 0 Å². The first-order chi connectivity index (χ1) is 6.13. The fourth-order valence-corrected chi connectivity index (χ4v) is 0.949. The SMILES string of the molecule is C=CC(=O)CCC1=CC(=O)OC1=N. The minimum Gasteiger partial charge on any atom is -0.405 e. The Morgan fingerprint density at radius 1 is 1.69 bits per heavy atom. The summed E-state index contributed by atoms with van der Waals surface area (Å²) in [4.78, 5) is 21.4. The van der Waals surface area contributed by atoms with Crippen molar-refractivity contribution in [3.8, 4) is 0 Å². The van der Waals surface area contributed by atoms with Gasteiger partial charge >= 0.3 is 5.97 Å². The number of ether oxygens (including phenoxy) is 1. The highest BCUT2D eigenvalue weighted by molar-refractivity contribution is 6.10. The molecule has 0 amide bonds. The first-order valence-electron chi connectivity index (χ1n) is 3.80. The van der Waals surface area contributed by atoms with Crippen molar-refractivity contribution in [2.45, 2.75) is 12.8 Å². The summed E-state index contributed by atoms with van der Waals surface area (Å²) in [6, 6.07) is 0. The highest BCUT2D eigenvalue weighted by Crippen LogP contribution is 2.14. The van der Waals surface area contributed by atoms with Crippen LogP contribution in [0.25, 0.3) is 0 Å². The monoisotopic (exact) mass is 179 g/mol. The zero-order valence-electron chi connectivity index (χ0n) is 7.00. The van der Waals surface area contributed by atoms with E-state index in [2.05, 4.69) is 11.3 Å². The Morgan fingerprint density at radius 3 is 2.85 bits per heavy atom. The van der Waals surface area contributed by atoms with Gasteiger partial charge in [0, 0.05) is 18.1 Å². The molecule has 4 heteroatoms. The molecule has 0 aromatic carbocycles. The number of carbonyl (C=O) groups is 2. The average molecular weight is 179 g/mol. The van der Waals surface area contributed by atoms with Gasteiger partial charge in [0.1, 0.15) is 0 Å². The molecule has 1 aliphatic rings. The third-order valence-electron chi connectivity index (χ3n) is 1.65. The van der Waals surface area contributed by atoms with Gasteiger partial charge in [-0.1, -0.05) is 6.58 Å². The molecule has 1 N–H and O–H groups in total. The summed E-state index contributed by atoms with van der Waals surface area (Å²) in [5.74, 6) is -0.791. The van der Waals surface area contributed by atoms with Crippen LogP contribution in [0.1, 0.15) is 12.8 Å². The van der Waals surface area contributed by atoms with Gasteiger partial charge in [-0.05, 0) is 12.5 Å². The van der Waals surface area contributed by atoms with Crippen LogP contribution in [0, 0.1) is 5.41 Å². The number of allylic oxidation sites excluding steroid dienone is 1. The van der Waals surface area contributed by atoms with Crippen LogP contribution < -0.4 is 0 Å². The third kappa shape index (κ3) is 2.37. The van der Waals surface area contributed by atoms with Crippen molar-refractivity contribution >= 4 is 17.7 Å². The molecule has 0 fully saturated rings. The number of nitrogens with one attached hydrogen (secondary N) is 1. The van der Waals surface area contributed by atoms with E-state index in [1.807, 2.05) is 0 Å². The molecule has 0 saturated carbocycles. The molecule has 1 heterocycles. The highest BCUT2D eigenvalue weighted by Gasteiger charge is 2.19. The van der Waals surface area contributed by atoms with Gasteiger partial charge in [-0.25, -0.2) is 4.79 Å². The summed E-state index contributed by atoms with van der Waals surface area (Å²) in [6.07, 6.45) is 3.07. The van der Waals surface area contributed by atoms with Gasteiger partial charge in [-0.15, -0.1) is 0 Å². The van der Waals surface area contributed by atoms with E-state index in [9.17, 15) is 9.59 Å². The van der Waals surface area contributed by atoms with Crippen molar-refractivity contribution in [3.63, 3.8) is 0 Å². The second-order valence-corrected chi connectivity index (χ2v) is 2.59. The van der Waals surface area contributed by atoms with E-state index in [4.69, 9.17) is 5.41 Å². The number of ketones is 1. The van der Waals surface area contributed by atoms with Crippen LogP contribution in [0.5, 0.6) is 0 Å². The van der Waals surface area contributed by atoms with Gasteiger partial charge in [-0.3, -0.25) is 10.2 Å². The second kappa shape index (κ2) is 3.80. The Hall–Kier alpha value is -1.71. The van der Waals surface area contributed by atoms with E-state index in [1.54, 1.807) is 0 Å². The van der Waals surface area contributed by atoms with Crippen LogP contribution in [0.2, 0.25) is 0 Å². The quantitative estimate of drug-likeness (QED) is 0.516. The minimum atomic E-state index is -0.536. The van der Waals surface area contributed by atoms with Crippen molar-refractivity contribution in [2.75, 3.05) is 0 Å². The van der Waals surface area contributed by atoms with E-state index in [-0.39, 0.29) is 18.1 Å². The van der Waals surface area contributed by atoms with E-state index < -0.39 is 5.97 Å². The van der Waals surface area contributed by atoms with Crippen molar-refractivity contribution in [3.05, 3.63) is 24.3 Å². The summed E-state index contributed by atoms with van der Waals surface area (Å²) in [6.45, 7) is 3.32. The van der Waals surface area contributed by atoms with Crippen LogP contribution in [-0.4, -0.2) is 17.7 Å². The van der Waals surface area contributed by atoms with Gasteiger partial charge in [-0.2, -0.15) is 0 Å². The van der Waals surface area contributed by atoms with E-state index in [0.717, 1.165) is 0 Å². The van der Waals surface area contributed by atoms with Gasteiger partial charge < -0.3 is 4.74 Å². The molecule has 0 saturated heterocycles. The molecule has 0 atom stereocenters. The normalized spacial score (nSPS) is 15.2. The Bertz CT molecular complexity index is 315. The molecular weight excluding hydrogens is 170 g/mol. The summed E-state index contributed by atoms with van der Waals surface area (Å²) < 4.78 is 4.45. The fraction of sp³-hybridized carbons (Fsp3) is 0.222. The van der Waals surface area contributed by atoms with Crippen LogP contribution in [-0.2, 0) is 14.3 Å². The van der Waals surface area contributed by atoms with E-state index >= 15 is 0 Å². The van der Waals surface area contributed by atoms with Crippen molar-refractivity contribution < 1.29 is 14.3 Å². The lowest BCUT2D eigenvalue weighted by atomic mass is 10.1. The highest BCUT2D eigenvalue weighted by atomic mass is 16.5. The van der Waals surface area contributed by atoms with E-state index in [0.29, 0.717) is 12.0 Å². The molecule has 68 valence electrons. The maximum Gasteiger partial charge on any atom is 0.337 e. The molecule has 1 rings (SSSR count). The van der Waals surface area contributed by atoms with Crippen LogP contribution >= 0.6 is 0 Å². The van der Waals surface area contributed by atoms with Gasteiger partial charge in [0.25, 0.3) is 0 Å². The Labute approximate surface area is 75.4 Å². The van der Waals surface area contributed by atoms with Crippen LogP contribution in [0.3, 0.4) is 0 Å². The number of carbonyl (C=O) groups excluding carboxylic acids is 2. The minimum absolute atomic E-state index is 0.104. The smallest absolute Gasteiger partial charge is 0.337 e. The predicted molar refractivity (Wildman–Crippen MR) is 46.3 cm³/mol. The number of hydrogen-bond acceptors (Lipinski definition) is 4. The zero-order valence-corrected chi connectivity index (χ0v) is 7.00. The summed E-state index contributed by atoms with van der Waals surface area (Å²) in [7, 11) is 0. The molecule has 0 spiro atoms. The van der Waals surface area contributed by atoms with E-state index in [1.165, 1.54) is 12.2 Å². The molecule has 1 aliphatic heterocycles. The third-order valence-corrected chi connectivity index (χ3v) is 1.65. The lowest BCUT2D eigenvalue weighted by Gasteiger charge is -1.97. The number of esters is 1. The number of hydrogen-bond donors (Lipinski definition) is 1. The summed E-state index contributed by atoms with van der Waals surface area (Å²) >= 11 is 0. The topological polar surface area (TPSA) is 67.2 Å². The molecule has 0 radical (unpaired) electrons. The van der Waals surface area contributed by atoms with Crippen molar-refractivity contribution in [1.82, 2.24) is 0 Å². The molecular formula is C9H9NO3. The summed E-state index contributed by atoms with van der Waals surface area (Å²) in [5, 5.41) is 7.19. The fourth-order valence-electron chi connectivity index (χ4n) is 0.949. The molecule has 13 heavy (non-hydrogen) atoms. The maximum absolute atomic E-state index is 10.8. The van der Waals surface area contributed by atoms with Crippen molar-refractivity contribution in [1.29, 1.82) is 5.41 Å². The first kappa shape index (κ1) is 9.38. The molecule has 4 nitrogen and oxygen atoms in total. The Kier molecular flexibility index (Phi) is 2.74. The Morgan fingerprint density at radius 2 is 2.38 bits per heavy atom. The van der Waals surface area contributed by atoms with Gasteiger partial charge in [0.05, 0.1) is 0 Å². The van der Waals surface area contributed by atoms with Crippen LogP contribution in [0.4, 0.5) is 0 Å². The standard InChI is InChI=1S/C9H9NO3/c1-2-7(11)4-3-6-5-8(12)13-9(6)10/h2,5,10H,1,3-4H2. The number of rotatable bonds is 4. The second-order valence-electron chi connectivity index (χ2n) is 2.59. The summed E-state index contributed by atoms with van der Waals surface area (Å²) in [5.41, 5.74) is 0.472. The molecule has 0 bridgehead atoms.